The van der Waals surface area contributed by atoms with Gasteiger partial charge in [-0.3, -0.25) is 9.59 Å². The number of amides is 1. The molecule has 1 atom stereocenters. The molecule has 2 rings (SSSR count). The van der Waals surface area contributed by atoms with E-state index in [2.05, 4.69) is 13.8 Å². The van der Waals surface area contributed by atoms with E-state index in [1.165, 1.54) is 0 Å². The van der Waals surface area contributed by atoms with E-state index in [0.29, 0.717) is 19.0 Å². The number of nitrogens with zero attached hydrogens (tertiary/aromatic N) is 1. The van der Waals surface area contributed by atoms with Crippen LogP contribution in [0.15, 0.2) is 30.3 Å². The summed E-state index contributed by atoms with van der Waals surface area (Å²) in [7, 11) is 0. The van der Waals surface area contributed by atoms with Crippen LogP contribution in [0.1, 0.15) is 86.1 Å². The van der Waals surface area contributed by atoms with Crippen molar-refractivity contribution in [3.63, 3.8) is 0 Å². The Hall–Kier alpha value is -2.37. The number of hydrogen-bond donors (Lipinski definition) is 0. The largest absolute Gasteiger partial charge is 0.444 e. The summed E-state index contributed by atoms with van der Waals surface area (Å²) in [6.45, 7) is 16.2. The van der Waals surface area contributed by atoms with Crippen LogP contribution in [-0.2, 0) is 19.1 Å². The number of esters is 2. The van der Waals surface area contributed by atoms with E-state index in [1.54, 1.807) is 25.7 Å². The molecular formula is C27H41NO5. The highest BCUT2D eigenvalue weighted by atomic mass is 16.6. The Labute approximate surface area is 199 Å². The fraction of sp³-hybridized carbons (Fsp3) is 0.667. The molecule has 1 amide bonds. The van der Waals surface area contributed by atoms with Gasteiger partial charge in [0.1, 0.15) is 5.60 Å². The molecule has 1 unspecified atom stereocenters. The van der Waals surface area contributed by atoms with Crippen LogP contribution in [0.5, 0.6) is 0 Å². The van der Waals surface area contributed by atoms with Crippen LogP contribution < -0.4 is 0 Å². The number of benzene rings is 1. The second kappa shape index (κ2) is 10.3. The molecule has 1 aromatic rings. The van der Waals surface area contributed by atoms with E-state index >= 15 is 0 Å². The summed E-state index contributed by atoms with van der Waals surface area (Å²) < 4.78 is 10.9. The van der Waals surface area contributed by atoms with Crippen molar-refractivity contribution in [2.45, 2.75) is 86.2 Å². The molecule has 0 saturated carbocycles. The van der Waals surface area contributed by atoms with E-state index < -0.39 is 34.3 Å². The second-order valence-corrected chi connectivity index (χ2v) is 11.9. The van der Waals surface area contributed by atoms with Gasteiger partial charge >= 0.3 is 18.0 Å². The van der Waals surface area contributed by atoms with Crippen molar-refractivity contribution in [3.05, 3.63) is 35.9 Å². The Morgan fingerprint density at radius 3 is 1.97 bits per heavy atom. The van der Waals surface area contributed by atoms with Gasteiger partial charge in [0.2, 0.25) is 0 Å². The third-order valence-electron chi connectivity index (χ3n) is 6.04. The maximum absolute atomic E-state index is 13.3. The number of carbonyl (C=O) groups excluding carboxylic acids is 3. The molecule has 1 aliphatic rings. The number of hydrogen-bond acceptors (Lipinski definition) is 5. The highest BCUT2D eigenvalue weighted by Gasteiger charge is 2.42. The molecule has 0 aliphatic carbocycles. The first-order chi connectivity index (χ1) is 15.1. The lowest BCUT2D eigenvalue weighted by molar-refractivity contribution is -0.168. The maximum Gasteiger partial charge on any atom is 0.410 e. The fourth-order valence-corrected chi connectivity index (χ4v) is 4.36. The average molecular weight is 460 g/mol. The number of carbonyl (C=O) groups is 3. The van der Waals surface area contributed by atoms with Gasteiger partial charge in [-0.15, -0.1) is 0 Å². The zero-order valence-electron chi connectivity index (χ0n) is 21.6. The van der Waals surface area contributed by atoms with Crippen molar-refractivity contribution < 1.29 is 23.9 Å². The number of rotatable bonds is 5. The van der Waals surface area contributed by atoms with Crippen molar-refractivity contribution in [3.8, 4) is 0 Å². The minimum absolute atomic E-state index is 0.272. The van der Waals surface area contributed by atoms with Gasteiger partial charge in [0.05, 0.1) is 11.3 Å². The highest BCUT2D eigenvalue weighted by Crippen LogP contribution is 2.44. The van der Waals surface area contributed by atoms with Gasteiger partial charge in [-0.2, -0.15) is 0 Å². The van der Waals surface area contributed by atoms with E-state index in [0.717, 1.165) is 24.8 Å². The standard InChI is InChI=1S/C27H41NO5/c1-25(2,3)23(30)32-22(29)21(20-12-10-9-11-13-20)27(7,8)18-19-14-16-28(17-15-19)24(31)33-26(4,5)6/h9-13,19,21H,14-18H2,1-8H3. The smallest absolute Gasteiger partial charge is 0.410 e. The minimum Gasteiger partial charge on any atom is -0.444 e. The van der Waals surface area contributed by atoms with Crippen LogP contribution in [0.3, 0.4) is 0 Å². The molecular weight excluding hydrogens is 418 g/mol. The third kappa shape index (κ3) is 7.86. The van der Waals surface area contributed by atoms with E-state index in [-0.39, 0.29) is 6.09 Å². The summed E-state index contributed by atoms with van der Waals surface area (Å²) >= 11 is 0. The zero-order valence-corrected chi connectivity index (χ0v) is 21.6. The molecule has 6 heteroatoms. The van der Waals surface area contributed by atoms with Crippen molar-refractivity contribution in [2.24, 2.45) is 16.7 Å². The lowest BCUT2D eigenvalue weighted by atomic mass is 9.68. The van der Waals surface area contributed by atoms with Crippen molar-refractivity contribution in [1.29, 1.82) is 0 Å². The average Bonchev–Trinajstić information content (AvgIpc) is 2.66. The van der Waals surface area contributed by atoms with Crippen molar-refractivity contribution in [2.75, 3.05) is 13.1 Å². The van der Waals surface area contributed by atoms with Crippen molar-refractivity contribution >= 4 is 18.0 Å². The van der Waals surface area contributed by atoms with Gasteiger partial charge in [-0.05, 0) is 77.7 Å². The zero-order chi connectivity index (χ0) is 25.0. The highest BCUT2D eigenvalue weighted by molar-refractivity contribution is 5.92. The van der Waals surface area contributed by atoms with Gasteiger partial charge < -0.3 is 14.4 Å². The lowest BCUT2D eigenvalue weighted by Gasteiger charge is -2.39. The molecule has 1 heterocycles. The molecule has 1 aliphatic heterocycles. The third-order valence-corrected chi connectivity index (χ3v) is 6.04. The summed E-state index contributed by atoms with van der Waals surface area (Å²) in [6.07, 6.45) is 2.21. The van der Waals surface area contributed by atoms with Crippen LogP contribution in [-0.4, -0.2) is 41.6 Å². The van der Waals surface area contributed by atoms with Crippen LogP contribution in [0.2, 0.25) is 0 Å². The lowest BCUT2D eigenvalue weighted by Crippen LogP contribution is -2.43. The number of piperidine rings is 1. The first kappa shape index (κ1) is 26.9. The van der Waals surface area contributed by atoms with Gasteiger partial charge in [-0.25, -0.2) is 4.79 Å². The van der Waals surface area contributed by atoms with Gasteiger partial charge in [-0.1, -0.05) is 44.2 Å². The monoisotopic (exact) mass is 459 g/mol. The summed E-state index contributed by atoms with van der Waals surface area (Å²) in [6, 6.07) is 9.54. The topological polar surface area (TPSA) is 72.9 Å². The Balaban J connectivity index is 2.12. The van der Waals surface area contributed by atoms with E-state index in [1.807, 2.05) is 51.1 Å². The predicted molar refractivity (Wildman–Crippen MR) is 129 cm³/mol. The van der Waals surface area contributed by atoms with Gasteiger partial charge in [0, 0.05) is 13.1 Å². The molecule has 33 heavy (non-hydrogen) atoms. The second-order valence-electron chi connectivity index (χ2n) is 11.9. The molecule has 0 radical (unpaired) electrons. The first-order valence-electron chi connectivity index (χ1n) is 11.9. The minimum atomic E-state index is -0.754. The molecule has 1 aromatic carbocycles. The van der Waals surface area contributed by atoms with Gasteiger partial charge in [0.15, 0.2) is 0 Å². The maximum atomic E-state index is 13.3. The number of likely N-dealkylation sites (tertiary alicyclic amines) is 1. The molecule has 0 bridgehead atoms. The van der Waals surface area contributed by atoms with Crippen LogP contribution in [0, 0.1) is 16.7 Å². The molecule has 0 aromatic heterocycles. The number of ether oxygens (including phenoxy) is 2. The van der Waals surface area contributed by atoms with Crippen molar-refractivity contribution in [1.82, 2.24) is 4.90 Å². The summed E-state index contributed by atoms with van der Waals surface area (Å²) in [4.78, 5) is 39.8. The summed E-state index contributed by atoms with van der Waals surface area (Å²) in [5.74, 6) is -1.22. The van der Waals surface area contributed by atoms with Crippen LogP contribution in [0.25, 0.3) is 0 Å². The van der Waals surface area contributed by atoms with Crippen LogP contribution >= 0.6 is 0 Å². The van der Waals surface area contributed by atoms with E-state index in [4.69, 9.17) is 9.47 Å². The summed E-state index contributed by atoms with van der Waals surface area (Å²) in [5, 5.41) is 0. The Kier molecular flexibility index (Phi) is 8.36. The summed E-state index contributed by atoms with van der Waals surface area (Å²) in [5.41, 5.74) is -0.852. The van der Waals surface area contributed by atoms with E-state index in [9.17, 15) is 14.4 Å². The Morgan fingerprint density at radius 2 is 1.48 bits per heavy atom. The molecule has 0 spiro atoms. The van der Waals surface area contributed by atoms with Gasteiger partial charge in [0.25, 0.3) is 0 Å². The molecule has 0 N–H and O–H groups in total. The molecule has 1 fully saturated rings. The molecule has 6 nitrogen and oxygen atoms in total. The fourth-order valence-electron chi connectivity index (χ4n) is 4.36. The predicted octanol–water partition coefficient (Wildman–Crippen LogP) is 5.95. The Bertz CT molecular complexity index is 824. The molecule has 184 valence electrons. The Morgan fingerprint density at radius 1 is 0.939 bits per heavy atom. The first-order valence-corrected chi connectivity index (χ1v) is 11.9. The quantitative estimate of drug-likeness (QED) is 0.402. The molecule has 1 saturated heterocycles. The van der Waals surface area contributed by atoms with Crippen LogP contribution in [0.4, 0.5) is 4.79 Å². The normalized spacial score (nSPS) is 16.8. The SMILES string of the molecule is CC(C)(C)OC(=O)N1CCC(CC(C)(C)C(C(=O)OC(=O)C(C)(C)C)c2ccccc2)CC1.